The number of nitrogens with zero attached hydrogens (tertiary/aromatic N) is 4. The Morgan fingerprint density at radius 3 is 3.00 bits per heavy atom. The first-order chi connectivity index (χ1) is 10.2. The lowest BCUT2D eigenvalue weighted by atomic mass is 10.2. The number of hydrogen-bond acceptors (Lipinski definition) is 4. The van der Waals surface area contributed by atoms with Crippen molar-refractivity contribution in [3.63, 3.8) is 0 Å². The summed E-state index contributed by atoms with van der Waals surface area (Å²) >= 11 is 5.88. The maximum absolute atomic E-state index is 13.7. The minimum atomic E-state index is -0.307. The molecule has 1 aromatic carbocycles. The van der Waals surface area contributed by atoms with Crippen LogP contribution in [0.25, 0.3) is 5.82 Å². The summed E-state index contributed by atoms with van der Waals surface area (Å²) in [6.45, 7) is 0.291. The summed E-state index contributed by atoms with van der Waals surface area (Å²) in [6, 6.07) is 8.09. The van der Waals surface area contributed by atoms with Crippen LogP contribution in [-0.4, -0.2) is 19.7 Å². The highest BCUT2D eigenvalue weighted by Gasteiger charge is 2.08. The molecular formula is C14H11ClFN5. The molecule has 2 heterocycles. The fourth-order valence-corrected chi connectivity index (χ4v) is 2.10. The second kappa shape index (κ2) is 5.88. The standard InChI is InChI=1S/C14H11ClFN5/c15-11-3-4-12(16)10(6-11)7-19-13-2-1-5-18-14(13)21-9-17-8-20-21/h1-6,8-9,19H,7H2. The molecule has 0 saturated heterocycles. The topological polar surface area (TPSA) is 55.6 Å². The van der Waals surface area contributed by atoms with Gasteiger partial charge in [0, 0.05) is 23.3 Å². The Bertz CT molecular complexity index is 745. The van der Waals surface area contributed by atoms with Crippen LogP contribution in [0.15, 0.2) is 49.2 Å². The highest BCUT2D eigenvalue weighted by Crippen LogP contribution is 2.19. The summed E-state index contributed by atoms with van der Waals surface area (Å²) in [5.41, 5.74) is 1.21. The maximum Gasteiger partial charge on any atom is 0.178 e. The fourth-order valence-electron chi connectivity index (χ4n) is 1.90. The van der Waals surface area contributed by atoms with E-state index in [4.69, 9.17) is 11.6 Å². The number of pyridine rings is 1. The maximum atomic E-state index is 13.7. The molecule has 0 aliphatic heterocycles. The molecule has 0 unspecified atom stereocenters. The summed E-state index contributed by atoms with van der Waals surface area (Å²) in [4.78, 5) is 8.14. The third-order valence-corrected chi connectivity index (χ3v) is 3.13. The van der Waals surface area contributed by atoms with Gasteiger partial charge in [-0.2, -0.15) is 5.10 Å². The molecule has 0 saturated carbocycles. The van der Waals surface area contributed by atoms with Crippen LogP contribution in [0.4, 0.5) is 10.1 Å². The molecule has 0 fully saturated rings. The van der Waals surface area contributed by atoms with E-state index in [1.54, 1.807) is 24.7 Å². The van der Waals surface area contributed by atoms with Crippen LogP contribution in [0.5, 0.6) is 0 Å². The summed E-state index contributed by atoms with van der Waals surface area (Å²) in [6.07, 6.45) is 4.63. The number of hydrogen-bond donors (Lipinski definition) is 1. The molecule has 0 aliphatic carbocycles. The highest BCUT2D eigenvalue weighted by atomic mass is 35.5. The van der Waals surface area contributed by atoms with Crippen molar-refractivity contribution in [2.24, 2.45) is 0 Å². The molecule has 0 aliphatic rings. The SMILES string of the molecule is Fc1ccc(Cl)cc1CNc1cccnc1-n1cncn1. The highest BCUT2D eigenvalue weighted by molar-refractivity contribution is 6.30. The van der Waals surface area contributed by atoms with Gasteiger partial charge < -0.3 is 5.32 Å². The quantitative estimate of drug-likeness (QED) is 0.805. The van der Waals surface area contributed by atoms with Gasteiger partial charge in [0.15, 0.2) is 5.82 Å². The Morgan fingerprint density at radius 2 is 2.19 bits per heavy atom. The van der Waals surface area contributed by atoms with Crippen molar-refractivity contribution in [3.8, 4) is 5.82 Å². The molecule has 0 spiro atoms. The van der Waals surface area contributed by atoms with Crippen LogP contribution in [0.3, 0.4) is 0 Å². The second-order valence-electron chi connectivity index (χ2n) is 4.30. The number of rotatable bonds is 4. The number of aromatic nitrogens is 4. The Hall–Kier alpha value is -2.47. The van der Waals surface area contributed by atoms with Crippen molar-refractivity contribution in [2.75, 3.05) is 5.32 Å². The number of halogens is 2. The van der Waals surface area contributed by atoms with Crippen molar-refractivity contribution >= 4 is 17.3 Å². The zero-order valence-electron chi connectivity index (χ0n) is 10.9. The van der Waals surface area contributed by atoms with Crippen molar-refractivity contribution < 1.29 is 4.39 Å². The van der Waals surface area contributed by atoms with E-state index in [0.29, 0.717) is 22.9 Å². The first-order valence-corrected chi connectivity index (χ1v) is 6.59. The van der Waals surface area contributed by atoms with Crippen LogP contribution in [-0.2, 0) is 6.54 Å². The Balaban J connectivity index is 1.84. The largest absolute Gasteiger partial charge is 0.378 e. The van der Waals surface area contributed by atoms with Crippen LogP contribution in [0.1, 0.15) is 5.56 Å². The molecule has 3 aromatic rings. The Morgan fingerprint density at radius 1 is 1.29 bits per heavy atom. The van der Waals surface area contributed by atoms with E-state index in [1.165, 1.54) is 23.1 Å². The zero-order valence-corrected chi connectivity index (χ0v) is 11.6. The Labute approximate surface area is 125 Å². The van der Waals surface area contributed by atoms with E-state index in [9.17, 15) is 4.39 Å². The van der Waals surface area contributed by atoms with Crippen LogP contribution < -0.4 is 5.32 Å². The minimum absolute atomic E-state index is 0.291. The van der Waals surface area contributed by atoms with Crippen molar-refractivity contribution in [1.29, 1.82) is 0 Å². The number of nitrogens with one attached hydrogen (secondary N) is 1. The van der Waals surface area contributed by atoms with Gasteiger partial charge in [-0.05, 0) is 30.3 Å². The van der Waals surface area contributed by atoms with Gasteiger partial charge in [0.2, 0.25) is 0 Å². The van der Waals surface area contributed by atoms with E-state index < -0.39 is 0 Å². The zero-order chi connectivity index (χ0) is 14.7. The van der Waals surface area contributed by atoms with Crippen molar-refractivity contribution in [1.82, 2.24) is 19.7 Å². The second-order valence-corrected chi connectivity index (χ2v) is 4.74. The normalized spacial score (nSPS) is 10.6. The summed E-state index contributed by atoms with van der Waals surface area (Å²) in [5.74, 6) is 0.288. The molecule has 3 rings (SSSR count). The van der Waals surface area contributed by atoms with Gasteiger partial charge in [-0.3, -0.25) is 0 Å². The van der Waals surface area contributed by atoms with Crippen molar-refractivity contribution in [3.05, 3.63) is 65.6 Å². The van der Waals surface area contributed by atoms with Gasteiger partial charge >= 0.3 is 0 Å². The molecule has 0 bridgehead atoms. The van der Waals surface area contributed by atoms with E-state index in [1.807, 2.05) is 6.07 Å². The third kappa shape index (κ3) is 3.00. The Kier molecular flexibility index (Phi) is 3.79. The molecule has 0 amide bonds. The average Bonchev–Trinajstić information content (AvgIpc) is 3.03. The van der Waals surface area contributed by atoms with Gasteiger partial charge in [-0.1, -0.05) is 11.6 Å². The molecule has 21 heavy (non-hydrogen) atoms. The minimum Gasteiger partial charge on any atom is -0.378 e. The van der Waals surface area contributed by atoms with Crippen LogP contribution >= 0.6 is 11.6 Å². The molecule has 5 nitrogen and oxygen atoms in total. The average molecular weight is 304 g/mol. The van der Waals surface area contributed by atoms with Crippen molar-refractivity contribution in [2.45, 2.75) is 6.54 Å². The molecule has 1 N–H and O–H groups in total. The fraction of sp³-hybridized carbons (Fsp3) is 0.0714. The number of anilines is 1. The van der Waals surface area contributed by atoms with Gasteiger partial charge in [0.1, 0.15) is 18.5 Å². The van der Waals surface area contributed by atoms with E-state index in [0.717, 1.165) is 5.69 Å². The first-order valence-electron chi connectivity index (χ1n) is 6.22. The lowest BCUT2D eigenvalue weighted by Crippen LogP contribution is -2.07. The predicted octanol–water partition coefficient (Wildman–Crippen LogP) is 3.07. The smallest absolute Gasteiger partial charge is 0.178 e. The van der Waals surface area contributed by atoms with Gasteiger partial charge in [-0.15, -0.1) is 0 Å². The van der Waals surface area contributed by atoms with Gasteiger partial charge in [0.05, 0.1) is 5.69 Å². The van der Waals surface area contributed by atoms with Gasteiger partial charge in [-0.25, -0.2) is 19.0 Å². The first kappa shape index (κ1) is 13.5. The number of benzene rings is 1. The predicted molar refractivity (Wildman–Crippen MR) is 77.9 cm³/mol. The van der Waals surface area contributed by atoms with Crippen LogP contribution in [0.2, 0.25) is 5.02 Å². The summed E-state index contributed by atoms with van der Waals surface area (Å²) in [7, 11) is 0. The summed E-state index contributed by atoms with van der Waals surface area (Å²) < 4.78 is 15.2. The molecule has 7 heteroatoms. The molecule has 0 radical (unpaired) electrons. The third-order valence-electron chi connectivity index (χ3n) is 2.90. The van der Waals surface area contributed by atoms with Gasteiger partial charge in [0.25, 0.3) is 0 Å². The monoisotopic (exact) mass is 303 g/mol. The van der Waals surface area contributed by atoms with E-state index in [2.05, 4.69) is 20.4 Å². The molecular weight excluding hydrogens is 293 g/mol. The van der Waals surface area contributed by atoms with Crippen LogP contribution in [0, 0.1) is 5.82 Å². The van der Waals surface area contributed by atoms with E-state index >= 15 is 0 Å². The molecule has 0 atom stereocenters. The summed E-state index contributed by atoms with van der Waals surface area (Å²) in [5, 5.41) is 7.67. The lowest BCUT2D eigenvalue weighted by Gasteiger charge is -2.11. The molecule has 2 aromatic heterocycles. The molecule has 106 valence electrons. The lowest BCUT2D eigenvalue weighted by molar-refractivity contribution is 0.613. The van der Waals surface area contributed by atoms with E-state index in [-0.39, 0.29) is 5.82 Å².